The molecule has 0 saturated carbocycles. The third-order valence-electron chi connectivity index (χ3n) is 5.50. The van der Waals surface area contributed by atoms with Crippen LogP contribution < -0.4 is 20.1 Å². The molecule has 2 aliphatic rings. The van der Waals surface area contributed by atoms with E-state index in [2.05, 4.69) is 22.5 Å². The Morgan fingerprint density at radius 3 is 2.93 bits per heavy atom. The number of aromatic nitrogens is 1. The summed E-state index contributed by atoms with van der Waals surface area (Å²) in [5.74, 6) is 3.00. The molecule has 6 nitrogen and oxygen atoms in total. The predicted molar refractivity (Wildman–Crippen MR) is 109 cm³/mol. The zero-order valence-corrected chi connectivity index (χ0v) is 16.2. The Bertz CT molecular complexity index is 834. The first-order chi connectivity index (χ1) is 13.7. The Balaban J connectivity index is 1.41. The lowest BCUT2D eigenvalue weighted by molar-refractivity contribution is -0.117. The van der Waals surface area contributed by atoms with Gasteiger partial charge in [-0.15, -0.1) is 0 Å². The molecule has 6 heteroatoms. The summed E-state index contributed by atoms with van der Waals surface area (Å²) in [6.45, 7) is 5.38. The highest BCUT2D eigenvalue weighted by atomic mass is 16.6. The number of rotatable bonds is 5. The smallest absolute Gasteiger partial charge is 0.225 e. The van der Waals surface area contributed by atoms with Crippen molar-refractivity contribution < 1.29 is 14.3 Å². The number of carbonyl (C=O) groups excluding carboxylic acids is 1. The molecule has 1 aromatic carbocycles. The van der Waals surface area contributed by atoms with Crippen molar-refractivity contribution in [3.8, 4) is 22.8 Å². The van der Waals surface area contributed by atoms with E-state index >= 15 is 0 Å². The van der Waals surface area contributed by atoms with Gasteiger partial charge in [-0.25, -0.2) is 4.98 Å². The van der Waals surface area contributed by atoms with Crippen LogP contribution in [0.15, 0.2) is 36.4 Å². The Hall–Kier alpha value is -2.60. The molecule has 2 unspecified atom stereocenters. The summed E-state index contributed by atoms with van der Waals surface area (Å²) in [7, 11) is 0. The van der Waals surface area contributed by atoms with Crippen molar-refractivity contribution in [1.29, 1.82) is 0 Å². The van der Waals surface area contributed by atoms with Crippen LogP contribution in [-0.2, 0) is 4.79 Å². The number of hydrogen-bond donors (Lipinski definition) is 2. The van der Waals surface area contributed by atoms with Crippen molar-refractivity contribution in [2.24, 2.45) is 11.8 Å². The fourth-order valence-corrected chi connectivity index (χ4v) is 3.89. The summed E-state index contributed by atoms with van der Waals surface area (Å²) in [6, 6.07) is 11.4. The lowest BCUT2D eigenvalue weighted by Gasteiger charge is -2.27. The number of nitrogens with zero attached hydrogens (tertiary/aromatic N) is 1. The quantitative estimate of drug-likeness (QED) is 0.830. The van der Waals surface area contributed by atoms with Crippen LogP contribution >= 0.6 is 0 Å². The van der Waals surface area contributed by atoms with Crippen LogP contribution in [0.3, 0.4) is 0 Å². The SMILES string of the molecule is CC(CC(=O)Nc1cccc(-c2ccc3c(c2)OCCO3)n1)C1CCCNC1. The molecule has 3 heterocycles. The summed E-state index contributed by atoms with van der Waals surface area (Å²) < 4.78 is 11.2. The third kappa shape index (κ3) is 4.44. The summed E-state index contributed by atoms with van der Waals surface area (Å²) in [5.41, 5.74) is 1.72. The number of amides is 1. The van der Waals surface area contributed by atoms with E-state index in [-0.39, 0.29) is 5.91 Å². The van der Waals surface area contributed by atoms with Gasteiger partial charge in [-0.2, -0.15) is 0 Å². The lowest BCUT2D eigenvalue weighted by atomic mass is 9.85. The molecule has 2 atom stereocenters. The normalized spacial score (nSPS) is 19.7. The van der Waals surface area contributed by atoms with Crippen molar-refractivity contribution in [2.45, 2.75) is 26.2 Å². The van der Waals surface area contributed by atoms with Gasteiger partial charge in [0, 0.05) is 12.0 Å². The second kappa shape index (κ2) is 8.61. The largest absolute Gasteiger partial charge is 0.486 e. The van der Waals surface area contributed by atoms with Gasteiger partial charge in [0.1, 0.15) is 19.0 Å². The Kier molecular flexibility index (Phi) is 5.76. The zero-order valence-electron chi connectivity index (χ0n) is 16.2. The first kappa shape index (κ1) is 18.7. The number of anilines is 1. The van der Waals surface area contributed by atoms with Gasteiger partial charge in [0.25, 0.3) is 0 Å². The van der Waals surface area contributed by atoms with E-state index in [0.717, 1.165) is 35.8 Å². The van der Waals surface area contributed by atoms with Crippen LogP contribution in [-0.4, -0.2) is 37.2 Å². The summed E-state index contributed by atoms with van der Waals surface area (Å²) >= 11 is 0. The van der Waals surface area contributed by atoms with E-state index in [1.165, 1.54) is 12.8 Å². The number of nitrogens with one attached hydrogen (secondary N) is 2. The second-order valence-corrected chi connectivity index (χ2v) is 7.60. The Morgan fingerprint density at radius 2 is 2.11 bits per heavy atom. The summed E-state index contributed by atoms with van der Waals surface area (Å²) in [6.07, 6.45) is 2.90. The first-order valence-electron chi connectivity index (χ1n) is 10.1. The fourth-order valence-electron chi connectivity index (χ4n) is 3.89. The number of carbonyl (C=O) groups is 1. The molecule has 28 heavy (non-hydrogen) atoms. The standard InChI is InChI=1S/C22H27N3O3/c1-15(17-4-3-9-23-14-17)12-22(26)25-21-6-2-5-18(24-21)16-7-8-19-20(13-16)28-11-10-27-19/h2,5-8,13,15,17,23H,3-4,9-12,14H2,1H3,(H,24,25,26). The van der Waals surface area contributed by atoms with Crippen LogP contribution in [0.5, 0.6) is 11.5 Å². The molecule has 0 aliphatic carbocycles. The summed E-state index contributed by atoms with van der Waals surface area (Å²) in [4.78, 5) is 17.1. The highest BCUT2D eigenvalue weighted by Gasteiger charge is 2.22. The van der Waals surface area contributed by atoms with E-state index < -0.39 is 0 Å². The van der Waals surface area contributed by atoms with Gasteiger partial charge in [0.15, 0.2) is 11.5 Å². The van der Waals surface area contributed by atoms with Crippen LogP contribution in [0, 0.1) is 11.8 Å². The van der Waals surface area contributed by atoms with E-state index in [4.69, 9.17) is 9.47 Å². The first-order valence-corrected chi connectivity index (χ1v) is 10.1. The van der Waals surface area contributed by atoms with Crippen LogP contribution in [0.25, 0.3) is 11.3 Å². The van der Waals surface area contributed by atoms with Gasteiger partial charge >= 0.3 is 0 Å². The molecule has 2 N–H and O–H groups in total. The summed E-state index contributed by atoms with van der Waals surface area (Å²) in [5, 5.41) is 6.38. The average molecular weight is 381 g/mol. The molecular formula is C22H27N3O3. The number of benzene rings is 1. The van der Waals surface area contributed by atoms with Crippen molar-refractivity contribution in [2.75, 3.05) is 31.6 Å². The molecule has 1 aromatic heterocycles. The molecule has 1 saturated heterocycles. The minimum Gasteiger partial charge on any atom is -0.486 e. The molecule has 2 aliphatic heterocycles. The van der Waals surface area contributed by atoms with Gasteiger partial charge in [-0.05, 0) is 68.1 Å². The monoisotopic (exact) mass is 381 g/mol. The van der Waals surface area contributed by atoms with Crippen LogP contribution in [0.2, 0.25) is 0 Å². The van der Waals surface area contributed by atoms with Crippen molar-refractivity contribution in [3.05, 3.63) is 36.4 Å². The number of piperidine rings is 1. The molecule has 4 rings (SSSR count). The molecule has 2 aromatic rings. The highest BCUT2D eigenvalue weighted by Crippen LogP contribution is 2.34. The number of fused-ring (bicyclic) bond motifs is 1. The van der Waals surface area contributed by atoms with E-state index in [9.17, 15) is 4.79 Å². The van der Waals surface area contributed by atoms with Crippen molar-refractivity contribution in [1.82, 2.24) is 10.3 Å². The van der Waals surface area contributed by atoms with E-state index in [1.807, 2.05) is 36.4 Å². The third-order valence-corrected chi connectivity index (χ3v) is 5.50. The zero-order chi connectivity index (χ0) is 19.3. The van der Waals surface area contributed by atoms with Gasteiger partial charge < -0.3 is 20.1 Å². The molecule has 0 spiro atoms. The number of ether oxygens (including phenoxy) is 2. The number of hydrogen-bond acceptors (Lipinski definition) is 5. The molecule has 0 radical (unpaired) electrons. The van der Waals surface area contributed by atoms with Gasteiger partial charge in [0.05, 0.1) is 5.69 Å². The lowest BCUT2D eigenvalue weighted by Crippen LogP contribution is -2.34. The van der Waals surface area contributed by atoms with Gasteiger partial charge in [0.2, 0.25) is 5.91 Å². The molecular weight excluding hydrogens is 354 g/mol. The Morgan fingerprint density at radius 1 is 1.25 bits per heavy atom. The van der Waals surface area contributed by atoms with Crippen molar-refractivity contribution >= 4 is 11.7 Å². The van der Waals surface area contributed by atoms with Gasteiger partial charge in [-0.3, -0.25) is 4.79 Å². The maximum Gasteiger partial charge on any atom is 0.225 e. The maximum atomic E-state index is 12.5. The van der Waals surface area contributed by atoms with E-state index in [0.29, 0.717) is 37.3 Å². The van der Waals surface area contributed by atoms with Crippen LogP contribution in [0.1, 0.15) is 26.2 Å². The predicted octanol–water partition coefficient (Wildman–Crippen LogP) is 3.48. The Labute approximate surface area is 165 Å². The average Bonchev–Trinajstić information content (AvgIpc) is 2.74. The molecule has 1 amide bonds. The van der Waals surface area contributed by atoms with Crippen molar-refractivity contribution in [3.63, 3.8) is 0 Å². The van der Waals surface area contributed by atoms with Gasteiger partial charge in [-0.1, -0.05) is 13.0 Å². The fraction of sp³-hybridized carbons (Fsp3) is 0.455. The minimum absolute atomic E-state index is 0.0184. The maximum absolute atomic E-state index is 12.5. The highest BCUT2D eigenvalue weighted by molar-refractivity contribution is 5.90. The number of pyridine rings is 1. The minimum atomic E-state index is 0.0184. The topological polar surface area (TPSA) is 72.5 Å². The molecule has 0 bridgehead atoms. The van der Waals surface area contributed by atoms with Crippen LogP contribution in [0.4, 0.5) is 5.82 Å². The second-order valence-electron chi connectivity index (χ2n) is 7.60. The molecule has 148 valence electrons. The molecule has 1 fully saturated rings. The van der Waals surface area contributed by atoms with E-state index in [1.54, 1.807) is 0 Å².